The molecule has 4 rings (SSSR count). The van der Waals surface area contributed by atoms with Crippen molar-refractivity contribution in [1.29, 1.82) is 0 Å². The van der Waals surface area contributed by atoms with Crippen molar-refractivity contribution < 1.29 is 19.1 Å². The highest BCUT2D eigenvalue weighted by molar-refractivity contribution is 5.89. The molecule has 2 N–H and O–H groups in total. The molecular weight excluding hydrogens is 374 g/mol. The van der Waals surface area contributed by atoms with Crippen LogP contribution in [0.2, 0.25) is 0 Å². The first-order valence-corrected chi connectivity index (χ1v) is 9.86. The van der Waals surface area contributed by atoms with E-state index in [-0.39, 0.29) is 18.6 Å². The van der Waals surface area contributed by atoms with E-state index < -0.39 is 6.09 Å². The molecule has 154 valence electrons. The predicted molar refractivity (Wildman–Crippen MR) is 107 cm³/mol. The molecule has 0 bridgehead atoms. The molecule has 9 nitrogen and oxygen atoms in total. The number of nitrogens with one attached hydrogen (secondary N) is 2. The van der Waals surface area contributed by atoms with Gasteiger partial charge >= 0.3 is 6.09 Å². The number of hydrogen-bond acceptors (Lipinski definition) is 6. The zero-order valence-electron chi connectivity index (χ0n) is 16.4. The largest absolute Gasteiger partial charge is 0.490 e. The van der Waals surface area contributed by atoms with E-state index in [0.717, 1.165) is 29.4 Å². The first-order valence-electron chi connectivity index (χ1n) is 9.86. The van der Waals surface area contributed by atoms with E-state index in [1.165, 1.54) is 0 Å². The first kappa shape index (κ1) is 19.1. The fourth-order valence-corrected chi connectivity index (χ4v) is 3.64. The molecule has 3 heterocycles. The van der Waals surface area contributed by atoms with Gasteiger partial charge in [-0.15, -0.1) is 0 Å². The van der Waals surface area contributed by atoms with Crippen molar-refractivity contribution in [3.05, 3.63) is 36.4 Å². The van der Waals surface area contributed by atoms with Gasteiger partial charge in [-0.1, -0.05) is 0 Å². The molecule has 0 spiro atoms. The van der Waals surface area contributed by atoms with Gasteiger partial charge in [0.2, 0.25) is 5.91 Å². The maximum absolute atomic E-state index is 12.7. The number of imidazole rings is 1. The molecule has 0 unspecified atom stereocenters. The maximum atomic E-state index is 12.7. The highest BCUT2D eigenvalue weighted by atomic mass is 16.6. The normalized spacial score (nSPS) is 18.0. The third-order valence-electron chi connectivity index (χ3n) is 5.16. The second kappa shape index (κ2) is 8.42. The number of hydrogen-bond donors (Lipinski definition) is 2. The lowest BCUT2D eigenvalue weighted by Gasteiger charge is -2.32. The average molecular weight is 399 g/mol. The second-order valence-corrected chi connectivity index (χ2v) is 7.12. The van der Waals surface area contributed by atoms with Crippen LogP contribution in [0.15, 0.2) is 30.7 Å². The molecule has 2 amide bonds. The predicted octanol–water partition coefficient (Wildman–Crippen LogP) is 2.05. The van der Waals surface area contributed by atoms with Gasteiger partial charge in [0.15, 0.2) is 0 Å². The van der Waals surface area contributed by atoms with Crippen molar-refractivity contribution in [1.82, 2.24) is 15.3 Å². The molecule has 29 heavy (non-hydrogen) atoms. The van der Waals surface area contributed by atoms with Gasteiger partial charge in [0.1, 0.15) is 19.0 Å². The Kier molecular flexibility index (Phi) is 5.55. The van der Waals surface area contributed by atoms with E-state index in [4.69, 9.17) is 9.47 Å². The fourth-order valence-electron chi connectivity index (χ4n) is 3.64. The zero-order valence-corrected chi connectivity index (χ0v) is 16.4. The van der Waals surface area contributed by atoms with Crippen LogP contribution in [0.25, 0.3) is 0 Å². The number of aromatic amines is 1. The summed E-state index contributed by atoms with van der Waals surface area (Å²) in [4.78, 5) is 34.9. The van der Waals surface area contributed by atoms with Crippen LogP contribution in [0, 0.1) is 0 Å². The molecule has 2 aromatic rings. The molecule has 1 saturated heterocycles. The number of aromatic nitrogens is 2. The van der Waals surface area contributed by atoms with E-state index in [2.05, 4.69) is 20.2 Å². The number of amides is 2. The molecule has 2 aliphatic rings. The van der Waals surface area contributed by atoms with Crippen LogP contribution in [0.3, 0.4) is 0 Å². The van der Waals surface area contributed by atoms with E-state index in [1.807, 2.05) is 25.1 Å². The number of ether oxygens (including phenoxy) is 2. The minimum atomic E-state index is -0.426. The molecule has 2 aliphatic heterocycles. The van der Waals surface area contributed by atoms with Crippen LogP contribution in [0.1, 0.15) is 25.5 Å². The van der Waals surface area contributed by atoms with E-state index in [0.29, 0.717) is 32.5 Å². The third-order valence-corrected chi connectivity index (χ3v) is 5.16. The zero-order chi connectivity index (χ0) is 20.2. The number of rotatable bonds is 6. The standard InChI is InChI=1S/C20H25N5O4/c1-2-25(20(27)29-12-14-3-6-19(26)23-14)16-4-5-18-17(9-16)24(7-8-28-18)11-15-10-21-13-22-15/h4-5,9-10,13-14H,2-3,6-8,11-12H2,1H3,(H,21,22)(H,23,26)/t14-/m0/s1. The number of H-pyrrole nitrogens is 1. The lowest BCUT2D eigenvalue weighted by atomic mass is 10.2. The monoisotopic (exact) mass is 399 g/mol. The van der Waals surface area contributed by atoms with E-state index in [1.54, 1.807) is 17.4 Å². The van der Waals surface area contributed by atoms with Crippen molar-refractivity contribution in [2.45, 2.75) is 32.4 Å². The minimum Gasteiger partial charge on any atom is -0.490 e. The highest BCUT2D eigenvalue weighted by Gasteiger charge is 2.25. The van der Waals surface area contributed by atoms with Gasteiger partial charge in [0, 0.05) is 24.8 Å². The summed E-state index contributed by atoms with van der Waals surface area (Å²) in [5.74, 6) is 0.794. The summed E-state index contributed by atoms with van der Waals surface area (Å²) in [6, 6.07) is 5.59. The van der Waals surface area contributed by atoms with Crippen LogP contribution in [0.5, 0.6) is 5.75 Å². The number of benzene rings is 1. The topological polar surface area (TPSA) is 99.8 Å². The van der Waals surface area contributed by atoms with Gasteiger partial charge in [0.25, 0.3) is 0 Å². The van der Waals surface area contributed by atoms with Crippen LogP contribution in [-0.2, 0) is 16.1 Å². The minimum absolute atomic E-state index is 0.00504. The molecule has 1 fully saturated rings. The van der Waals surface area contributed by atoms with Gasteiger partial charge in [-0.3, -0.25) is 9.69 Å². The van der Waals surface area contributed by atoms with Crippen LogP contribution in [-0.4, -0.2) is 54.3 Å². The van der Waals surface area contributed by atoms with Gasteiger partial charge in [-0.2, -0.15) is 0 Å². The lowest BCUT2D eigenvalue weighted by molar-refractivity contribution is -0.119. The maximum Gasteiger partial charge on any atom is 0.414 e. The van der Waals surface area contributed by atoms with Crippen molar-refractivity contribution in [3.63, 3.8) is 0 Å². The highest BCUT2D eigenvalue weighted by Crippen LogP contribution is 2.36. The van der Waals surface area contributed by atoms with Crippen LogP contribution < -0.4 is 19.9 Å². The summed E-state index contributed by atoms with van der Waals surface area (Å²) in [5.41, 5.74) is 2.68. The van der Waals surface area contributed by atoms with Crippen molar-refractivity contribution in [2.24, 2.45) is 0 Å². The molecule has 0 saturated carbocycles. The summed E-state index contributed by atoms with van der Waals surface area (Å²) < 4.78 is 11.2. The quantitative estimate of drug-likeness (QED) is 0.771. The van der Waals surface area contributed by atoms with E-state index >= 15 is 0 Å². The Morgan fingerprint density at radius 3 is 3.07 bits per heavy atom. The number of fused-ring (bicyclic) bond motifs is 1. The summed E-state index contributed by atoms with van der Waals surface area (Å²) in [5, 5.41) is 2.81. The van der Waals surface area contributed by atoms with Crippen molar-refractivity contribution >= 4 is 23.4 Å². The Morgan fingerprint density at radius 1 is 1.45 bits per heavy atom. The van der Waals surface area contributed by atoms with Crippen molar-refractivity contribution in [2.75, 3.05) is 36.1 Å². The molecule has 1 aromatic heterocycles. The summed E-state index contributed by atoms with van der Waals surface area (Å²) in [6.45, 7) is 4.58. The van der Waals surface area contributed by atoms with Gasteiger partial charge in [-0.05, 0) is 31.5 Å². The Bertz CT molecular complexity index is 870. The number of anilines is 2. The van der Waals surface area contributed by atoms with Crippen LogP contribution >= 0.6 is 0 Å². The number of carbonyl (C=O) groups is 2. The number of carbonyl (C=O) groups excluding carboxylic acids is 2. The Morgan fingerprint density at radius 2 is 2.34 bits per heavy atom. The summed E-state index contributed by atoms with van der Waals surface area (Å²) in [6.07, 6.45) is 4.21. The van der Waals surface area contributed by atoms with Gasteiger partial charge in [-0.25, -0.2) is 9.78 Å². The molecule has 0 radical (unpaired) electrons. The third kappa shape index (κ3) is 4.28. The Hall–Kier alpha value is -3.23. The average Bonchev–Trinajstić information content (AvgIpc) is 3.39. The number of nitrogens with zero attached hydrogens (tertiary/aromatic N) is 3. The Labute approximate surface area is 169 Å². The molecule has 0 aliphatic carbocycles. The molecule has 9 heteroatoms. The van der Waals surface area contributed by atoms with Crippen molar-refractivity contribution in [3.8, 4) is 5.75 Å². The van der Waals surface area contributed by atoms with Gasteiger partial charge in [0.05, 0.1) is 36.8 Å². The summed E-state index contributed by atoms with van der Waals surface area (Å²) in [7, 11) is 0. The second-order valence-electron chi connectivity index (χ2n) is 7.12. The Balaban J connectivity index is 1.48. The fraction of sp³-hybridized carbons (Fsp3) is 0.450. The van der Waals surface area contributed by atoms with Gasteiger partial charge < -0.3 is 24.7 Å². The summed E-state index contributed by atoms with van der Waals surface area (Å²) >= 11 is 0. The van der Waals surface area contributed by atoms with E-state index in [9.17, 15) is 9.59 Å². The molecular formula is C20H25N5O4. The molecule has 1 atom stereocenters. The molecule has 1 aromatic carbocycles. The first-order chi connectivity index (χ1) is 14.1. The lowest BCUT2D eigenvalue weighted by Crippen LogP contribution is -2.37. The van der Waals surface area contributed by atoms with Crippen LogP contribution in [0.4, 0.5) is 16.2 Å². The smallest absolute Gasteiger partial charge is 0.414 e. The SMILES string of the molecule is CCN(C(=O)OC[C@@H]1CCC(=O)N1)c1ccc2c(c1)N(Cc1cnc[nH]1)CCO2.